The number of para-hydroxylation sites is 1. The predicted molar refractivity (Wildman–Crippen MR) is 122 cm³/mol. The molecule has 0 radical (unpaired) electrons. The van der Waals surface area contributed by atoms with Gasteiger partial charge in [0.2, 0.25) is 5.95 Å². The summed E-state index contributed by atoms with van der Waals surface area (Å²) in [5.41, 5.74) is 2.19. The van der Waals surface area contributed by atoms with Gasteiger partial charge in [0.1, 0.15) is 5.75 Å². The van der Waals surface area contributed by atoms with E-state index in [2.05, 4.69) is 20.3 Å². The van der Waals surface area contributed by atoms with Crippen LogP contribution in [0.4, 0.5) is 10.7 Å². The quantitative estimate of drug-likeness (QED) is 0.394. The molecule has 3 N–H and O–H groups in total. The molecule has 9 heteroatoms. The highest BCUT2D eigenvalue weighted by Gasteiger charge is 2.13. The molecule has 0 saturated carbocycles. The molecule has 3 rings (SSSR count). The fourth-order valence-corrected chi connectivity index (χ4v) is 3.38. The SMILES string of the molecule is COc1ccccc1CCN(CCCCNC(=O)O)c1nc(-c2ccncc2)cc(=O)[nH]1. The van der Waals surface area contributed by atoms with Gasteiger partial charge in [-0.2, -0.15) is 0 Å². The van der Waals surface area contributed by atoms with Gasteiger partial charge in [-0.3, -0.25) is 14.8 Å². The molecule has 0 atom stereocenters. The lowest BCUT2D eigenvalue weighted by atomic mass is 10.1. The van der Waals surface area contributed by atoms with Crippen molar-refractivity contribution in [1.82, 2.24) is 20.3 Å². The second-order valence-electron chi connectivity index (χ2n) is 7.18. The zero-order chi connectivity index (χ0) is 22.8. The minimum Gasteiger partial charge on any atom is -0.496 e. The number of unbranched alkanes of at least 4 members (excludes halogenated alkanes) is 1. The van der Waals surface area contributed by atoms with Gasteiger partial charge < -0.3 is 20.1 Å². The topological polar surface area (TPSA) is 120 Å². The Hall–Kier alpha value is -3.88. The minimum absolute atomic E-state index is 0.239. The van der Waals surface area contributed by atoms with Crippen LogP contribution in [0.1, 0.15) is 18.4 Å². The van der Waals surface area contributed by atoms with Crippen molar-refractivity contribution >= 4 is 12.0 Å². The number of amides is 1. The number of aromatic nitrogens is 3. The lowest BCUT2D eigenvalue weighted by Crippen LogP contribution is -2.31. The van der Waals surface area contributed by atoms with Gasteiger partial charge in [0.25, 0.3) is 5.56 Å². The zero-order valence-corrected chi connectivity index (χ0v) is 18.0. The molecule has 0 aliphatic carbocycles. The third kappa shape index (κ3) is 6.56. The summed E-state index contributed by atoms with van der Waals surface area (Å²) < 4.78 is 5.45. The molecule has 32 heavy (non-hydrogen) atoms. The lowest BCUT2D eigenvalue weighted by molar-refractivity contribution is 0.194. The van der Waals surface area contributed by atoms with Crippen LogP contribution in [0.25, 0.3) is 11.3 Å². The monoisotopic (exact) mass is 437 g/mol. The average molecular weight is 438 g/mol. The number of pyridine rings is 1. The third-order valence-electron chi connectivity index (χ3n) is 4.98. The third-order valence-corrected chi connectivity index (χ3v) is 4.98. The number of carboxylic acid groups (broad SMARTS) is 1. The Labute approximate surface area is 186 Å². The molecule has 9 nitrogen and oxygen atoms in total. The second kappa shape index (κ2) is 11.5. The number of anilines is 1. The van der Waals surface area contributed by atoms with Crippen molar-refractivity contribution in [3.05, 3.63) is 70.8 Å². The highest BCUT2D eigenvalue weighted by Crippen LogP contribution is 2.20. The molecular weight excluding hydrogens is 410 g/mol. The van der Waals surface area contributed by atoms with E-state index in [1.807, 2.05) is 41.3 Å². The van der Waals surface area contributed by atoms with Gasteiger partial charge in [-0.05, 0) is 43.0 Å². The lowest BCUT2D eigenvalue weighted by Gasteiger charge is -2.24. The Morgan fingerprint density at radius 2 is 1.94 bits per heavy atom. The fourth-order valence-electron chi connectivity index (χ4n) is 3.38. The first-order valence-corrected chi connectivity index (χ1v) is 10.4. The van der Waals surface area contributed by atoms with Crippen molar-refractivity contribution in [2.75, 3.05) is 31.6 Å². The van der Waals surface area contributed by atoms with E-state index in [4.69, 9.17) is 9.84 Å². The summed E-state index contributed by atoms with van der Waals surface area (Å²) >= 11 is 0. The van der Waals surface area contributed by atoms with E-state index < -0.39 is 6.09 Å². The molecule has 0 saturated heterocycles. The molecular formula is C23H27N5O4. The van der Waals surface area contributed by atoms with Crippen LogP contribution in [-0.2, 0) is 6.42 Å². The standard InChI is InChI=1S/C23H27N5O4/c1-32-20-7-3-2-6-18(20)10-15-28(14-5-4-11-25-23(30)31)22-26-19(16-21(29)27-22)17-8-12-24-13-9-17/h2-3,6-9,12-13,16,25H,4-5,10-11,14-15H2,1H3,(H,30,31)(H,26,27,29). The van der Waals surface area contributed by atoms with Crippen molar-refractivity contribution < 1.29 is 14.6 Å². The Balaban J connectivity index is 1.80. The molecule has 0 bridgehead atoms. The Kier molecular flexibility index (Phi) is 8.19. The van der Waals surface area contributed by atoms with E-state index in [9.17, 15) is 9.59 Å². The summed E-state index contributed by atoms with van der Waals surface area (Å²) in [6, 6.07) is 12.9. The van der Waals surface area contributed by atoms with Crippen LogP contribution in [0, 0.1) is 0 Å². The Morgan fingerprint density at radius 1 is 1.16 bits per heavy atom. The first-order valence-electron chi connectivity index (χ1n) is 10.4. The zero-order valence-electron chi connectivity index (χ0n) is 18.0. The second-order valence-corrected chi connectivity index (χ2v) is 7.18. The molecule has 2 heterocycles. The highest BCUT2D eigenvalue weighted by molar-refractivity contribution is 5.64. The summed E-state index contributed by atoms with van der Waals surface area (Å²) in [6.07, 6.45) is 4.38. The molecule has 1 aromatic carbocycles. The van der Waals surface area contributed by atoms with Crippen LogP contribution >= 0.6 is 0 Å². The number of nitrogens with one attached hydrogen (secondary N) is 2. The molecule has 3 aromatic rings. The number of ether oxygens (including phenoxy) is 1. The Bertz CT molecular complexity index is 1070. The minimum atomic E-state index is -1.03. The number of carbonyl (C=O) groups is 1. The van der Waals surface area contributed by atoms with Crippen molar-refractivity contribution in [3.8, 4) is 17.0 Å². The van der Waals surface area contributed by atoms with Crippen molar-refractivity contribution in [1.29, 1.82) is 0 Å². The molecule has 2 aromatic heterocycles. The van der Waals surface area contributed by atoms with Gasteiger partial charge in [0.15, 0.2) is 0 Å². The van der Waals surface area contributed by atoms with Crippen molar-refractivity contribution in [2.24, 2.45) is 0 Å². The Morgan fingerprint density at radius 3 is 2.69 bits per heavy atom. The van der Waals surface area contributed by atoms with Crippen molar-refractivity contribution in [2.45, 2.75) is 19.3 Å². The number of hydrogen-bond acceptors (Lipinski definition) is 6. The first kappa shape index (κ1) is 22.8. The van der Waals surface area contributed by atoms with Crippen LogP contribution in [0.3, 0.4) is 0 Å². The molecule has 1 amide bonds. The smallest absolute Gasteiger partial charge is 0.404 e. The number of aromatic amines is 1. The number of nitrogens with zero attached hydrogens (tertiary/aromatic N) is 3. The van der Waals surface area contributed by atoms with E-state index in [1.54, 1.807) is 19.5 Å². The maximum atomic E-state index is 12.4. The molecule has 0 aliphatic heterocycles. The summed E-state index contributed by atoms with van der Waals surface area (Å²) in [5.74, 6) is 1.29. The van der Waals surface area contributed by atoms with Crippen LogP contribution in [0.5, 0.6) is 5.75 Å². The van der Waals surface area contributed by atoms with Crippen LogP contribution in [0.15, 0.2) is 59.7 Å². The number of hydrogen-bond donors (Lipinski definition) is 3. The van der Waals surface area contributed by atoms with Crippen molar-refractivity contribution in [3.63, 3.8) is 0 Å². The molecule has 0 unspecified atom stereocenters. The molecule has 0 fully saturated rings. The van der Waals surface area contributed by atoms with E-state index in [1.165, 1.54) is 6.07 Å². The van der Waals surface area contributed by atoms with Gasteiger partial charge in [-0.1, -0.05) is 18.2 Å². The van der Waals surface area contributed by atoms with Gasteiger partial charge in [0, 0.05) is 43.7 Å². The van der Waals surface area contributed by atoms with E-state index >= 15 is 0 Å². The largest absolute Gasteiger partial charge is 0.496 e. The normalized spacial score (nSPS) is 10.5. The van der Waals surface area contributed by atoms with Gasteiger partial charge in [-0.15, -0.1) is 0 Å². The molecule has 0 aliphatic rings. The maximum absolute atomic E-state index is 12.4. The predicted octanol–water partition coefficient (Wildman–Crippen LogP) is 2.94. The molecule has 168 valence electrons. The summed E-state index contributed by atoms with van der Waals surface area (Å²) in [4.78, 5) is 36.6. The fraction of sp³-hybridized carbons (Fsp3) is 0.304. The van der Waals surface area contributed by atoms with Crippen LogP contribution < -0.4 is 20.5 Å². The average Bonchev–Trinajstić information content (AvgIpc) is 2.81. The molecule has 0 spiro atoms. The number of methoxy groups -OCH3 is 1. The van der Waals surface area contributed by atoms with E-state index in [-0.39, 0.29) is 5.56 Å². The first-order chi connectivity index (χ1) is 15.6. The van der Waals surface area contributed by atoms with Crippen LogP contribution in [-0.4, -0.2) is 52.9 Å². The number of benzene rings is 1. The maximum Gasteiger partial charge on any atom is 0.404 e. The highest BCUT2D eigenvalue weighted by atomic mass is 16.5. The van der Waals surface area contributed by atoms with Gasteiger partial charge >= 0.3 is 6.09 Å². The van der Waals surface area contributed by atoms with E-state index in [0.29, 0.717) is 44.1 Å². The number of rotatable bonds is 11. The van der Waals surface area contributed by atoms with E-state index in [0.717, 1.165) is 23.3 Å². The van der Waals surface area contributed by atoms with Gasteiger partial charge in [-0.25, -0.2) is 9.78 Å². The summed E-state index contributed by atoms with van der Waals surface area (Å²) in [5, 5.41) is 11.1. The summed E-state index contributed by atoms with van der Waals surface area (Å²) in [7, 11) is 1.64. The summed E-state index contributed by atoms with van der Waals surface area (Å²) in [6.45, 7) is 1.59. The number of H-pyrrole nitrogens is 1. The van der Waals surface area contributed by atoms with Gasteiger partial charge in [0.05, 0.1) is 12.8 Å². The van der Waals surface area contributed by atoms with Crippen LogP contribution in [0.2, 0.25) is 0 Å².